The second-order valence-electron chi connectivity index (χ2n) is 6.59. The molecule has 2 fully saturated rings. The lowest BCUT2D eigenvalue weighted by atomic mass is 9.99. The molecule has 0 saturated carbocycles. The molecule has 6 heteroatoms. The van der Waals surface area contributed by atoms with E-state index in [9.17, 15) is 4.79 Å². The topological polar surface area (TPSA) is 59.6 Å². The van der Waals surface area contributed by atoms with Gasteiger partial charge in [-0.25, -0.2) is 0 Å². The molecule has 3 rings (SSSR count). The fourth-order valence-electron chi connectivity index (χ4n) is 3.74. The molecule has 0 aliphatic carbocycles. The first-order chi connectivity index (χ1) is 11.2. The van der Waals surface area contributed by atoms with Gasteiger partial charge in [0, 0.05) is 30.6 Å². The van der Waals surface area contributed by atoms with Gasteiger partial charge in [0.1, 0.15) is 11.5 Å². The molecule has 2 N–H and O–H groups in total. The van der Waals surface area contributed by atoms with Crippen LogP contribution in [0.3, 0.4) is 0 Å². The van der Waals surface area contributed by atoms with Crippen molar-refractivity contribution in [3.05, 3.63) is 23.8 Å². The van der Waals surface area contributed by atoms with Gasteiger partial charge in [0.2, 0.25) is 5.91 Å². The maximum absolute atomic E-state index is 12.2. The number of methoxy groups -OCH3 is 2. The Morgan fingerprint density at radius 1 is 1.12 bits per heavy atom. The van der Waals surface area contributed by atoms with Crippen LogP contribution in [-0.4, -0.2) is 38.3 Å². The van der Waals surface area contributed by atoms with Crippen LogP contribution >= 0.6 is 12.4 Å². The number of piperidine rings is 1. The van der Waals surface area contributed by atoms with Crippen molar-refractivity contribution in [2.24, 2.45) is 0 Å². The highest BCUT2D eigenvalue weighted by atomic mass is 35.5. The first kappa shape index (κ1) is 18.9. The first-order valence-electron chi connectivity index (χ1n) is 8.43. The molecule has 2 heterocycles. The van der Waals surface area contributed by atoms with Gasteiger partial charge >= 0.3 is 0 Å². The van der Waals surface area contributed by atoms with Crippen LogP contribution in [0.15, 0.2) is 18.2 Å². The highest BCUT2D eigenvalue weighted by molar-refractivity contribution is 5.85. The van der Waals surface area contributed by atoms with E-state index < -0.39 is 0 Å². The summed E-state index contributed by atoms with van der Waals surface area (Å²) in [5.41, 5.74) is 1.06. The van der Waals surface area contributed by atoms with Crippen molar-refractivity contribution in [2.45, 2.75) is 56.7 Å². The van der Waals surface area contributed by atoms with Crippen LogP contribution in [0.2, 0.25) is 0 Å². The summed E-state index contributed by atoms with van der Waals surface area (Å²) in [5.74, 6) is 1.66. The van der Waals surface area contributed by atoms with E-state index in [1.54, 1.807) is 14.2 Å². The molecular formula is C18H27ClN2O3. The number of halogens is 1. The molecule has 0 aromatic heterocycles. The van der Waals surface area contributed by atoms with E-state index in [1.165, 1.54) is 12.8 Å². The molecule has 1 aromatic rings. The summed E-state index contributed by atoms with van der Waals surface area (Å²) in [7, 11) is 3.27. The number of fused-ring (bicyclic) bond motifs is 2. The van der Waals surface area contributed by atoms with Crippen molar-refractivity contribution in [2.75, 3.05) is 14.2 Å². The largest absolute Gasteiger partial charge is 0.497 e. The van der Waals surface area contributed by atoms with Crippen LogP contribution in [0.25, 0.3) is 0 Å². The minimum absolute atomic E-state index is 0. The first-order valence-corrected chi connectivity index (χ1v) is 8.43. The Morgan fingerprint density at radius 2 is 1.71 bits per heavy atom. The second kappa shape index (κ2) is 8.58. The standard InChI is InChI=1S/C18H26N2O3.ClH/c1-22-16-7-12(8-17(11-16)23-2)3-6-18(21)20-15-9-13-4-5-14(10-15)19-13;/h7-8,11,13-15,19H,3-6,9-10H2,1-2H3,(H,20,21);1H. The van der Waals surface area contributed by atoms with Gasteiger partial charge in [-0.1, -0.05) is 0 Å². The summed E-state index contributed by atoms with van der Waals surface area (Å²) in [6.07, 6.45) is 5.82. The number of hydrogen-bond donors (Lipinski definition) is 2. The summed E-state index contributed by atoms with van der Waals surface area (Å²) < 4.78 is 10.5. The van der Waals surface area contributed by atoms with Crippen molar-refractivity contribution in [3.8, 4) is 11.5 Å². The van der Waals surface area contributed by atoms with Gasteiger partial charge in [-0.3, -0.25) is 4.79 Å². The minimum Gasteiger partial charge on any atom is -0.497 e. The molecule has 0 radical (unpaired) electrons. The normalized spacial score (nSPS) is 24.8. The number of aryl methyl sites for hydroxylation is 1. The third-order valence-electron chi connectivity index (χ3n) is 4.89. The number of hydrogen-bond acceptors (Lipinski definition) is 4. The zero-order valence-electron chi connectivity index (χ0n) is 14.3. The Kier molecular flexibility index (Phi) is 6.75. The van der Waals surface area contributed by atoms with Crippen molar-refractivity contribution in [3.63, 3.8) is 0 Å². The molecule has 134 valence electrons. The van der Waals surface area contributed by atoms with E-state index >= 15 is 0 Å². The van der Waals surface area contributed by atoms with Crippen molar-refractivity contribution < 1.29 is 14.3 Å². The van der Waals surface area contributed by atoms with Gasteiger partial charge in [-0.05, 0) is 49.8 Å². The zero-order valence-corrected chi connectivity index (χ0v) is 15.2. The lowest BCUT2D eigenvalue weighted by Gasteiger charge is -2.29. The van der Waals surface area contributed by atoms with Crippen LogP contribution in [0.1, 0.15) is 37.7 Å². The van der Waals surface area contributed by atoms with Crippen LogP contribution in [-0.2, 0) is 11.2 Å². The van der Waals surface area contributed by atoms with Gasteiger partial charge < -0.3 is 20.1 Å². The lowest BCUT2D eigenvalue weighted by molar-refractivity contribution is -0.122. The summed E-state index contributed by atoms with van der Waals surface area (Å²) in [6.45, 7) is 0. The minimum atomic E-state index is 0. The van der Waals surface area contributed by atoms with E-state index in [1.807, 2.05) is 18.2 Å². The number of amides is 1. The third kappa shape index (κ3) is 4.77. The van der Waals surface area contributed by atoms with Gasteiger partial charge in [-0.15, -0.1) is 12.4 Å². The quantitative estimate of drug-likeness (QED) is 0.823. The maximum Gasteiger partial charge on any atom is 0.220 e. The molecule has 5 nitrogen and oxygen atoms in total. The molecule has 1 amide bonds. The predicted molar refractivity (Wildman–Crippen MR) is 96.2 cm³/mol. The van der Waals surface area contributed by atoms with Crippen LogP contribution in [0.4, 0.5) is 0 Å². The Balaban J connectivity index is 0.00000208. The Hall–Kier alpha value is -1.46. The Bertz CT molecular complexity index is 533. The lowest BCUT2D eigenvalue weighted by Crippen LogP contribution is -2.48. The van der Waals surface area contributed by atoms with Crippen LogP contribution in [0.5, 0.6) is 11.5 Å². The van der Waals surface area contributed by atoms with E-state index in [0.717, 1.165) is 29.9 Å². The molecule has 2 unspecified atom stereocenters. The molecule has 2 aliphatic heterocycles. The average Bonchev–Trinajstić information content (AvgIpc) is 2.91. The zero-order chi connectivity index (χ0) is 16.2. The molecule has 1 aromatic carbocycles. The fraction of sp³-hybridized carbons (Fsp3) is 0.611. The molecule has 0 spiro atoms. The molecular weight excluding hydrogens is 328 g/mol. The number of carbonyl (C=O) groups excluding carboxylic acids is 1. The van der Waals surface area contributed by atoms with E-state index in [0.29, 0.717) is 31.0 Å². The molecule has 2 bridgehead atoms. The van der Waals surface area contributed by atoms with Crippen molar-refractivity contribution in [1.29, 1.82) is 0 Å². The SMILES string of the molecule is COc1cc(CCC(=O)NC2CC3CCC(C2)N3)cc(OC)c1.Cl. The Morgan fingerprint density at radius 3 is 2.25 bits per heavy atom. The predicted octanol–water partition coefficient (Wildman–Crippen LogP) is 2.46. The summed E-state index contributed by atoms with van der Waals surface area (Å²) >= 11 is 0. The third-order valence-corrected chi connectivity index (χ3v) is 4.89. The van der Waals surface area contributed by atoms with Gasteiger partial charge in [0.15, 0.2) is 0 Å². The molecule has 24 heavy (non-hydrogen) atoms. The number of ether oxygens (including phenoxy) is 2. The van der Waals surface area contributed by atoms with Gasteiger partial charge in [0.05, 0.1) is 14.2 Å². The summed E-state index contributed by atoms with van der Waals surface area (Å²) in [6, 6.07) is 7.29. The maximum atomic E-state index is 12.2. The Labute approximate surface area is 149 Å². The highest BCUT2D eigenvalue weighted by Gasteiger charge is 2.33. The summed E-state index contributed by atoms with van der Waals surface area (Å²) in [4.78, 5) is 12.2. The summed E-state index contributed by atoms with van der Waals surface area (Å²) in [5, 5.41) is 6.80. The van der Waals surface area contributed by atoms with E-state index in [4.69, 9.17) is 9.47 Å². The smallest absolute Gasteiger partial charge is 0.220 e. The molecule has 2 aliphatic rings. The molecule has 2 saturated heterocycles. The van der Waals surface area contributed by atoms with Crippen LogP contribution < -0.4 is 20.1 Å². The second-order valence-corrected chi connectivity index (χ2v) is 6.59. The van der Waals surface area contributed by atoms with E-state index in [-0.39, 0.29) is 18.3 Å². The van der Waals surface area contributed by atoms with Gasteiger partial charge in [0.25, 0.3) is 0 Å². The highest BCUT2D eigenvalue weighted by Crippen LogP contribution is 2.27. The van der Waals surface area contributed by atoms with Crippen molar-refractivity contribution >= 4 is 18.3 Å². The number of carbonyl (C=O) groups is 1. The number of nitrogens with one attached hydrogen (secondary N) is 2. The number of rotatable bonds is 6. The number of benzene rings is 1. The van der Waals surface area contributed by atoms with E-state index in [2.05, 4.69) is 10.6 Å². The fourth-order valence-corrected chi connectivity index (χ4v) is 3.74. The molecule has 2 atom stereocenters. The van der Waals surface area contributed by atoms with Crippen molar-refractivity contribution in [1.82, 2.24) is 10.6 Å². The van der Waals surface area contributed by atoms with Crippen LogP contribution in [0, 0.1) is 0 Å². The van der Waals surface area contributed by atoms with Gasteiger partial charge in [-0.2, -0.15) is 0 Å². The monoisotopic (exact) mass is 354 g/mol. The average molecular weight is 355 g/mol.